The molecule has 6 heteroatoms. The molecule has 17 heavy (non-hydrogen) atoms. The first-order valence-corrected chi connectivity index (χ1v) is 6.45. The molecule has 0 aliphatic heterocycles. The molecule has 1 rings (SSSR count). The molecule has 0 atom stereocenters. The van der Waals surface area contributed by atoms with E-state index in [0.717, 1.165) is 0 Å². The maximum atomic E-state index is 11.7. The Bertz CT molecular complexity index is 550. The van der Waals surface area contributed by atoms with Crippen molar-refractivity contribution in [3.63, 3.8) is 0 Å². The molecule has 0 aliphatic carbocycles. The van der Waals surface area contributed by atoms with Crippen LogP contribution in [0, 0.1) is 0 Å². The summed E-state index contributed by atoms with van der Waals surface area (Å²) >= 11 is 0. The van der Waals surface area contributed by atoms with Crippen LogP contribution < -0.4 is 10.5 Å². The molecule has 0 radical (unpaired) electrons. The van der Waals surface area contributed by atoms with E-state index < -0.39 is 15.9 Å². The summed E-state index contributed by atoms with van der Waals surface area (Å²) < 4.78 is 25.8. The average Bonchev–Trinajstić information content (AvgIpc) is 2.28. The maximum Gasteiger partial charge on any atom is 0.248 e. The van der Waals surface area contributed by atoms with Crippen molar-refractivity contribution in [1.29, 1.82) is 0 Å². The Morgan fingerprint density at radius 2 is 2.12 bits per heavy atom. The molecule has 3 N–H and O–H groups in total. The summed E-state index contributed by atoms with van der Waals surface area (Å²) in [6.07, 6.45) is 0. The highest BCUT2D eigenvalue weighted by molar-refractivity contribution is 7.89. The van der Waals surface area contributed by atoms with E-state index in [4.69, 9.17) is 5.73 Å². The van der Waals surface area contributed by atoms with Gasteiger partial charge in [-0.1, -0.05) is 25.6 Å². The van der Waals surface area contributed by atoms with Crippen LogP contribution in [0.5, 0.6) is 0 Å². The molecule has 0 heterocycles. The van der Waals surface area contributed by atoms with Gasteiger partial charge < -0.3 is 5.73 Å². The van der Waals surface area contributed by atoms with Crippen LogP contribution in [-0.2, 0) is 14.8 Å². The quantitative estimate of drug-likeness (QED) is 0.749. The molecule has 92 valence electrons. The van der Waals surface area contributed by atoms with Gasteiger partial charge in [0.2, 0.25) is 15.9 Å². The van der Waals surface area contributed by atoms with Gasteiger partial charge in [-0.3, -0.25) is 4.79 Å². The van der Waals surface area contributed by atoms with Gasteiger partial charge in [0.05, 0.1) is 4.90 Å². The third-order valence-electron chi connectivity index (χ3n) is 2.12. The van der Waals surface area contributed by atoms with Gasteiger partial charge in [0, 0.05) is 12.1 Å². The lowest BCUT2D eigenvalue weighted by molar-refractivity contribution is -0.112. The van der Waals surface area contributed by atoms with Gasteiger partial charge in [-0.25, -0.2) is 13.1 Å². The molecule has 1 aromatic carbocycles. The normalized spacial score (nSPS) is 11.1. The van der Waals surface area contributed by atoms with Crippen molar-refractivity contribution in [2.24, 2.45) is 5.73 Å². The fraction of sp³-hybridized carbons (Fsp3) is 0.182. The fourth-order valence-corrected chi connectivity index (χ4v) is 2.35. The smallest absolute Gasteiger partial charge is 0.248 e. The molecule has 1 amide bonds. The fourth-order valence-electron chi connectivity index (χ4n) is 1.27. The number of sulfonamides is 1. The van der Waals surface area contributed by atoms with Crippen molar-refractivity contribution in [1.82, 2.24) is 4.72 Å². The molecule has 0 unspecified atom stereocenters. The van der Waals surface area contributed by atoms with Gasteiger partial charge in [-0.15, -0.1) is 0 Å². The van der Waals surface area contributed by atoms with Crippen molar-refractivity contribution in [2.45, 2.75) is 11.8 Å². The van der Waals surface area contributed by atoms with E-state index in [0.29, 0.717) is 12.1 Å². The molecular weight excluding hydrogens is 240 g/mol. The molecule has 0 spiro atoms. The third kappa shape index (κ3) is 3.15. The van der Waals surface area contributed by atoms with Crippen LogP contribution in [0.15, 0.2) is 35.7 Å². The Balaban J connectivity index is 3.19. The largest absolute Gasteiger partial charge is 0.366 e. The molecule has 0 aliphatic rings. The average molecular weight is 254 g/mol. The van der Waals surface area contributed by atoms with Crippen LogP contribution in [0.1, 0.15) is 12.5 Å². The summed E-state index contributed by atoms with van der Waals surface area (Å²) in [6, 6.07) is 5.92. The van der Waals surface area contributed by atoms with E-state index >= 15 is 0 Å². The van der Waals surface area contributed by atoms with Crippen molar-refractivity contribution >= 4 is 21.5 Å². The lowest BCUT2D eigenvalue weighted by Gasteiger charge is -2.07. The molecule has 1 aromatic rings. The topological polar surface area (TPSA) is 89.3 Å². The van der Waals surface area contributed by atoms with Crippen LogP contribution in [-0.4, -0.2) is 20.9 Å². The number of carbonyl (C=O) groups is 1. The highest BCUT2D eigenvalue weighted by atomic mass is 32.2. The number of rotatable bonds is 5. The predicted octanol–water partition coefficient (Wildman–Crippen LogP) is 0.483. The number of primary amides is 1. The SMILES string of the molecule is C=C(C(N)=O)c1cccc(S(=O)(=O)NCC)c1. The van der Waals surface area contributed by atoms with E-state index in [2.05, 4.69) is 11.3 Å². The molecule has 0 bridgehead atoms. The Hall–Kier alpha value is -1.66. The van der Waals surface area contributed by atoms with Gasteiger partial charge in [-0.05, 0) is 17.7 Å². The monoisotopic (exact) mass is 254 g/mol. The number of nitrogens with one attached hydrogen (secondary N) is 1. The molecule has 0 aromatic heterocycles. The summed E-state index contributed by atoms with van der Waals surface area (Å²) in [4.78, 5) is 11.0. The number of hydrogen-bond donors (Lipinski definition) is 2. The summed E-state index contributed by atoms with van der Waals surface area (Å²) in [6.45, 7) is 5.48. The first-order valence-electron chi connectivity index (χ1n) is 4.97. The maximum absolute atomic E-state index is 11.7. The minimum Gasteiger partial charge on any atom is -0.366 e. The van der Waals surface area contributed by atoms with Gasteiger partial charge in [0.25, 0.3) is 0 Å². The van der Waals surface area contributed by atoms with Crippen LogP contribution in [0.25, 0.3) is 5.57 Å². The second-order valence-corrected chi connectivity index (χ2v) is 5.14. The van der Waals surface area contributed by atoms with E-state index in [9.17, 15) is 13.2 Å². The standard InChI is InChI=1S/C11H14N2O3S/c1-3-13-17(15,16)10-6-4-5-9(7-10)8(2)11(12)14/h4-7,13H,2-3H2,1H3,(H2,12,14). The van der Waals surface area contributed by atoms with E-state index in [1.165, 1.54) is 18.2 Å². The van der Waals surface area contributed by atoms with E-state index in [1.807, 2.05) is 0 Å². The molecule has 0 saturated heterocycles. The van der Waals surface area contributed by atoms with Crippen molar-refractivity contribution < 1.29 is 13.2 Å². The summed E-state index contributed by atoms with van der Waals surface area (Å²) in [5, 5.41) is 0. The molecule has 0 fully saturated rings. The van der Waals surface area contributed by atoms with Crippen molar-refractivity contribution in [3.8, 4) is 0 Å². The van der Waals surface area contributed by atoms with Gasteiger partial charge >= 0.3 is 0 Å². The van der Waals surface area contributed by atoms with Crippen molar-refractivity contribution in [2.75, 3.05) is 6.54 Å². The second-order valence-electron chi connectivity index (χ2n) is 3.37. The van der Waals surface area contributed by atoms with Gasteiger partial charge in [0.1, 0.15) is 0 Å². The second kappa shape index (κ2) is 5.11. The zero-order valence-corrected chi connectivity index (χ0v) is 10.3. The summed E-state index contributed by atoms with van der Waals surface area (Å²) in [5.74, 6) is -0.678. The summed E-state index contributed by atoms with van der Waals surface area (Å²) in [7, 11) is -3.54. The van der Waals surface area contributed by atoms with Crippen LogP contribution >= 0.6 is 0 Å². The number of hydrogen-bond acceptors (Lipinski definition) is 3. The van der Waals surface area contributed by atoms with Gasteiger partial charge in [-0.2, -0.15) is 0 Å². The van der Waals surface area contributed by atoms with Crippen molar-refractivity contribution in [3.05, 3.63) is 36.4 Å². The van der Waals surface area contributed by atoms with E-state index in [1.54, 1.807) is 13.0 Å². The Kier molecular flexibility index (Phi) is 4.03. The first kappa shape index (κ1) is 13.4. The van der Waals surface area contributed by atoms with Crippen LogP contribution in [0.2, 0.25) is 0 Å². The van der Waals surface area contributed by atoms with E-state index in [-0.39, 0.29) is 10.5 Å². The van der Waals surface area contributed by atoms with Gasteiger partial charge in [0.15, 0.2) is 0 Å². The van der Waals surface area contributed by atoms with Crippen LogP contribution in [0.3, 0.4) is 0 Å². The number of benzene rings is 1. The zero-order chi connectivity index (χ0) is 13.1. The minimum absolute atomic E-state index is 0.0820. The highest BCUT2D eigenvalue weighted by Gasteiger charge is 2.14. The molecule has 0 saturated carbocycles. The highest BCUT2D eigenvalue weighted by Crippen LogP contribution is 2.17. The Labute approximate surface area is 100 Å². The summed E-state index contributed by atoms with van der Waals surface area (Å²) in [5.41, 5.74) is 5.56. The first-order chi connectivity index (χ1) is 7.88. The minimum atomic E-state index is -3.54. The predicted molar refractivity (Wildman–Crippen MR) is 65.5 cm³/mol. The number of carbonyl (C=O) groups excluding carboxylic acids is 1. The Morgan fingerprint density at radius 3 is 2.65 bits per heavy atom. The molecular formula is C11H14N2O3S. The number of amides is 1. The zero-order valence-electron chi connectivity index (χ0n) is 9.43. The lowest BCUT2D eigenvalue weighted by Crippen LogP contribution is -2.23. The lowest BCUT2D eigenvalue weighted by atomic mass is 10.1. The van der Waals surface area contributed by atoms with Crippen LogP contribution in [0.4, 0.5) is 0 Å². The third-order valence-corrected chi connectivity index (χ3v) is 3.67. The number of nitrogens with two attached hydrogens (primary N) is 1. The molecule has 5 nitrogen and oxygen atoms in total. The Morgan fingerprint density at radius 1 is 1.47 bits per heavy atom.